The molecule has 0 radical (unpaired) electrons. The molecule has 1 aliphatic heterocycles. The van der Waals surface area contributed by atoms with Gasteiger partial charge in [0.2, 0.25) is 5.91 Å². The first-order valence-corrected chi connectivity index (χ1v) is 10.3. The zero-order valence-electron chi connectivity index (χ0n) is 16.9. The smallest absolute Gasteiger partial charge is 0.254 e. The molecule has 1 saturated carbocycles. The molecule has 1 aromatic carbocycles. The van der Waals surface area contributed by atoms with Crippen LogP contribution in [0, 0.1) is 19.8 Å². The van der Waals surface area contributed by atoms with Crippen LogP contribution in [0.15, 0.2) is 12.1 Å². The van der Waals surface area contributed by atoms with Crippen LogP contribution in [0.1, 0.15) is 60.5 Å². The molecule has 3 rings (SSSR count). The van der Waals surface area contributed by atoms with Crippen LogP contribution < -0.4 is 4.74 Å². The van der Waals surface area contributed by atoms with Gasteiger partial charge in [-0.05, 0) is 63.3 Å². The van der Waals surface area contributed by atoms with Gasteiger partial charge in [0.15, 0.2) is 0 Å². The van der Waals surface area contributed by atoms with Crippen LogP contribution in [0.25, 0.3) is 0 Å². The second-order valence-corrected chi connectivity index (χ2v) is 7.82. The molecular weight excluding hydrogens is 340 g/mol. The van der Waals surface area contributed by atoms with Gasteiger partial charge >= 0.3 is 0 Å². The lowest BCUT2D eigenvalue weighted by Crippen LogP contribution is -2.39. The molecule has 0 aromatic heterocycles. The van der Waals surface area contributed by atoms with Crippen molar-refractivity contribution < 1.29 is 14.3 Å². The minimum absolute atomic E-state index is 0.0637. The van der Waals surface area contributed by atoms with E-state index in [4.69, 9.17) is 4.74 Å². The second kappa shape index (κ2) is 8.77. The quantitative estimate of drug-likeness (QED) is 0.812. The van der Waals surface area contributed by atoms with Crippen LogP contribution in [0.4, 0.5) is 0 Å². The Bertz CT molecular complexity index is 695. The highest BCUT2D eigenvalue weighted by molar-refractivity contribution is 5.96. The number of amides is 2. The molecule has 0 unspecified atom stereocenters. The molecule has 1 saturated heterocycles. The van der Waals surface area contributed by atoms with E-state index in [0.717, 1.165) is 48.2 Å². The van der Waals surface area contributed by atoms with E-state index in [1.165, 1.54) is 12.8 Å². The van der Waals surface area contributed by atoms with E-state index in [1.807, 2.05) is 42.7 Å². The van der Waals surface area contributed by atoms with Crippen molar-refractivity contribution in [1.82, 2.24) is 9.80 Å². The second-order valence-electron chi connectivity index (χ2n) is 7.82. The summed E-state index contributed by atoms with van der Waals surface area (Å²) in [5, 5.41) is 0. The summed E-state index contributed by atoms with van der Waals surface area (Å²) in [5.41, 5.74) is 2.67. The van der Waals surface area contributed by atoms with Crippen molar-refractivity contribution >= 4 is 11.8 Å². The molecule has 1 aliphatic carbocycles. The molecular formula is C22H32N2O3. The minimum atomic E-state index is 0.0637. The fraction of sp³-hybridized carbons (Fsp3) is 0.636. The van der Waals surface area contributed by atoms with Gasteiger partial charge in [0.25, 0.3) is 5.91 Å². The molecule has 5 nitrogen and oxygen atoms in total. The summed E-state index contributed by atoms with van der Waals surface area (Å²) >= 11 is 0. The normalized spacial score (nSPS) is 18.5. The van der Waals surface area contributed by atoms with Crippen LogP contribution in [-0.4, -0.2) is 54.4 Å². The van der Waals surface area contributed by atoms with E-state index in [1.54, 1.807) is 0 Å². The highest BCUT2D eigenvalue weighted by atomic mass is 16.5. The summed E-state index contributed by atoms with van der Waals surface area (Å²) in [6, 6.07) is 3.90. The third-order valence-electron chi connectivity index (χ3n) is 5.85. The average molecular weight is 373 g/mol. The van der Waals surface area contributed by atoms with Crippen molar-refractivity contribution in [2.45, 2.75) is 52.9 Å². The Morgan fingerprint density at radius 2 is 1.63 bits per heavy atom. The van der Waals surface area contributed by atoms with Crippen molar-refractivity contribution in [2.75, 3.05) is 32.8 Å². The van der Waals surface area contributed by atoms with Crippen LogP contribution in [0.5, 0.6) is 5.75 Å². The third kappa shape index (κ3) is 4.45. The van der Waals surface area contributed by atoms with Crippen LogP contribution in [0.3, 0.4) is 0 Å². The van der Waals surface area contributed by atoms with Gasteiger partial charge in [-0.1, -0.05) is 12.8 Å². The van der Waals surface area contributed by atoms with Gasteiger partial charge in [0, 0.05) is 37.7 Å². The Balaban J connectivity index is 1.67. The highest BCUT2D eigenvalue weighted by Crippen LogP contribution is 2.27. The number of hydrogen-bond acceptors (Lipinski definition) is 3. The van der Waals surface area contributed by atoms with Gasteiger partial charge in [-0.3, -0.25) is 9.59 Å². The first kappa shape index (κ1) is 19.7. The number of carbonyl (C=O) groups excluding carboxylic acids is 2. The SMILES string of the molecule is CCOc1cc(C)c(C(=O)N2CCCN(C(=O)C3CCCC3)CC2)cc1C. The summed E-state index contributed by atoms with van der Waals surface area (Å²) in [6.45, 7) is 9.25. The molecule has 2 amide bonds. The van der Waals surface area contributed by atoms with Crippen molar-refractivity contribution in [1.29, 1.82) is 0 Å². The Hall–Kier alpha value is -2.04. The summed E-state index contributed by atoms with van der Waals surface area (Å²) < 4.78 is 5.64. The topological polar surface area (TPSA) is 49.9 Å². The molecule has 0 atom stereocenters. The first-order chi connectivity index (χ1) is 13.0. The lowest BCUT2D eigenvalue weighted by atomic mass is 10.0. The van der Waals surface area contributed by atoms with Crippen molar-refractivity contribution in [3.8, 4) is 5.75 Å². The largest absolute Gasteiger partial charge is 0.494 e. The van der Waals surface area contributed by atoms with E-state index < -0.39 is 0 Å². The van der Waals surface area contributed by atoms with Crippen molar-refractivity contribution in [3.05, 3.63) is 28.8 Å². The number of ether oxygens (including phenoxy) is 1. The predicted molar refractivity (Wildman–Crippen MR) is 106 cm³/mol. The summed E-state index contributed by atoms with van der Waals surface area (Å²) in [5.74, 6) is 1.42. The van der Waals surface area contributed by atoms with E-state index in [9.17, 15) is 9.59 Å². The van der Waals surface area contributed by atoms with E-state index >= 15 is 0 Å². The zero-order chi connectivity index (χ0) is 19.4. The van der Waals surface area contributed by atoms with Crippen LogP contribution in [0.2, 0.25) is 0 Å². The Morgan fingerprint density at radius 3 is 2.33 bits per heavy atom. The summed E-state index contributed by atoms with van der Waals surface area (Å²) in [4.78, 5) is 29.7. The summed E-state index contributed by atoms with van der Waals surface area (Å²) in [7, 11) is 0. The average Bonchev–Trinajstić information content (AvgIpc) is 3.08. The van der Waals surface area contributed by atoms with Gasteiger partial charge in [0.1, 0.15) is 5.75 Å². The predicted octanol–water partition coefficient (Wildman–Crippen LogP) is 3.57. The standard InChI is InChI=1S/C22H32N2O3/c1-4-27-20-15-16(2)19(14-17(20)3)22(26)24-11-7-10-23(12-13-24)21(25)18-8-5-6-9-18/h14-15,18H,4-13H2,1-3H3. The molecule has 1 aromatic rings. The van der Waals surface area contributed by atoms with E-state index in [-0.39, 0.29) is 11.8 Å². The van der Waals surface area contributed by atoms with Gasteiger partial charge in [0.05, 0.1) is 6.61 Å². The molecule has 1 heterocycles. The minimum Gasteiger partial charge on any atom is -0.494 e. The first-order valence-electron chi connectivity index (χ1n) is 10.3. The van der Waals surface area contributed by atoms with Gasteiger partial charge in [-0.2, -0.15) is 0 Å². The fourth-order valence-electron chi connectivity index (χ4n) is 4.27. The number of nitrogens with zero attached hydrogens (tertiary/aromatic N) is 2. The lowest BCUT2D eigenvalue weighted by Gasteiger charge is -2.25. The molecule has 27 heavy (non-hydrogen) atoms. The molecule has 148 valence electrons. The molecule has 0 N–H and O–H groups in total. The van der Waals surface area contributed by atoms with Gasteiger partial charge in [-0.25, -0.2) is 0 Å². The third-order valence-corrected chi connectivity index (χ3v) is 5.85. The maximum Gasteiger partial charge on any atom is 0.254 e. The monoisotopic (exact) mass is 372 g/mol. The fourth-order valence-corrected chi connectivity index (χ4v) is 4.27. The number of benzene rings is 1. The molecule has 2 aliphatic rings. The van der Waals surface area contributed by atoms with Gasteiger partial charge in [-0.15, -0.1) is 0 Å². The maximum absolute atomic E-state index is 13.1. The Morgan fingerprint density at radius 1 is 0.963 bits per heavy atom. The lowest BCUT2D eigenvalue weighted by molar-refractivity contribution is -0.135. The zero-order valence-corrected chi connectivity index (χ0v) is 16.9. The Labute approximate surface area is 162 Å². The number of carbonyl (C=O) groups is 2. The number of rotatable bonds is 4. The van der Waals surface area contributed by atoms with E-state index in [0.29, 0.717) is 32.1 Å². The van der Waals surface area contributed by atoms with E-state index in [2.05, 4.69) is 0 Å². The summed E-state index contributed by atoms with van der Waals surface area (Å²) in [6.07, 6.45) is 5.25. The molecule has 0 bridgehead atoms. The van der Waals surface area contributed by atoms with Gasteiger partial charge < -0.3 is 14.5 Å². The molecule has 2 fully saturated rings. The van der Waals surface area contributed by atoms with Crippen LogP contribution in [-0.2, 0) is 4.79 Å². The molecule has 5 heteroatoms. The number of aryl methyl sites for hydroxylation is 2. The Kier molecular flexibility index (Phi) is 6.40. The molecule has 0 spiro atoms. The van der Waals surface area contributed by atoms with Crippen molar-refractivity contribution in [2.24, 2.45) is 5.92 Å². The maximum atomic E-state index is 13.1. The number of hydrogen-bond donors (Lipinski definition) is 0. The van der Waals surface area contributed by atoms with Crippen LogP contribution >= 0.6 is 0 Å². The van der Waals surface area contributed by atoms with Crippen molar-refractivity contribution in [3.63, 3.8) is 0 Å². The highest BCUT2D eigenvalue weighted by Gasteiger charge is 2.29.